The highest BCUT2D eigenvalue weighted by Gasteiger charge is 2.25. The van der Waals surface area contributed by atoms with Crippen molar-refractivity contribution in [2.45, 2.75) is 11.5 Å². The van der Waals surface area contributed by atoms with Crippen molar-refractivity contribution in [3.8, 4) is 5.75 Å². The number of hydrogen-bond acceptors (Lipinski definition) is 6. The molecule has 1 aliphatic heterocycles. The quantitative estimate of drug-likeness (QED) is 0.570. The van der Waals surface area contributed by atoms with Gasteiger partial charge in [-0.15, -0.1) is 0 Å². The molecule has 2 heterocycles. The maximum Gasteiger partial charge on any atom is 0.363 e. The molecule has 0 amide bonds. The summed E-state index contributed by atoms with van der Waals surface area (Å²) in [5, 5.41) is 0. The van der Waals surface area contributed by atoms with Crippen LogP contribution in [0.1, 0.15) is 17.1 Å². The minimum Gasteiger partial charge on any atom is -0.497 e. The first-order valence-corrected chi connectivity index (χ1v) is 8.25. The molecule has 0 atom stereocenters. The van der Waals surface area contributed by atoms with E-state index >= 15 is 0 Å². The SMILES string of the molecule is COc1cccc(C2=N/C(=C\c3ccc(CSC(F)F)o3)C(=O)O2)c1. The lowest BCUT2D eigenvalue weighted by Crippen LogP contribution is -2.05. The van der Waals surface area contributed by atoms with Crippen LogP contribution in [0.25, 0.3) is 6.08 Å². The average molecular weight is 365 g/mol. The molecule has 8 heteroatoms. The third kappa shape index (κ3) is 4.27. The standard InChI is InChI=1S/C17H13F2NO4S/c1-22-11-4-2-3-10(7-11)15-20-14(16(21)24-15)8-12-5-6-13(23-12)9-25-17(18)19/h2-8,17H,9H2,1H3/b14-8-. The molecular weight excluding hydrogens is 352 g/mol. The van der Waals surface area contributed by atoms with E-state index in [-0.39, 0.29) is 17.3 Å². The summed E-state index contributed by atoms with van der Waals surface area (Å²) in [6.07, 6.45) is 1.41. The third-order valence-corrected chi connectivity index (χ3v) is 3.95. The fraction of sp³-hybridized carbons (Fsp3) is 0.176. The van der Waals surface area contributed by atoms with Gasteiger partial charge in [0.2, 0.25) is 5.90 Å². The van der Waals surface area contributed by atoms with E-state index in [0.717, 1.165) is 0 Å². The van der Waals surface area contributed by atoms with Gasteiger partial charge in [-0.1, -0.05) is 17.8 Å². The van der Waals surface area contributed by atoms with Crippen molar-refractivity contribution in [2.24, 2.45) is 4.99 Å². The van der Waals surface area contributed by atoms with Crippen LogP contribution >= 0.6 is 11.8 Å². The molecule has 5 nitrogen and oxygen atoms in total. The van der Waals surface area contributed by atoms with E-state index in [0.29, 0.717) is 34.6 Å². The second-order valence-corrected chi connectivity index (χ2v) is 5.92. The topological polar surface area (TPSA) is 61.0 Å². The number of halogens is 2. The second kappa shape index (κ2) is 7.52. The largest absolute Gasteiger partial charge is 0.497 e. The van der Waals surface area contributed by atoms with Crippen molar-refractivity contribution < 1.29 is 27.5 Å². The van der Waals surface area contributed by atoms with Gasteiger partial charge < -0.3 is 13.9 Å². The number of benzene rings is 1. The molecule has 0 aliphatic carbocycles. The van der Waals surface area contributed by atoms with Gasteiger partial charge in [-0.2, -0.15) is 8.78 Å². The molecule has 1 aromatic carbocycles. The summed E-state index contributed by atoms with van der Waals surface area (Å²) >= 11 is 0.463. The molecule has 0 saturated heterocycles. The van der Waals surface area contributed by atoms with Crippen molar-refractivity contribution in [2.75, 3.05) is 7.11 Å². The number of rotatable bonds is 6. The molecule has 1 aliphatic rings. The Morgan fingerprint density at radius 3 is 2.92 bits per heavy atom. The van der Waals surface area contributed by atoms with Crippen LogP contribution in [-0.4, -0.2) is 24.7 Å². The molecule has 0 radical (unpaired) electrons. The molecule has 3 rings (SSSR count). The van der Waals surface area contributed by atoms with Gasteiger partial charge in [0.25, 0.3) is 5.76 Å². The molecular formula is C17H13F2NO4S. The first kappa shape index (κ1) is 17.2. The third-order valence-electron chi connectivity index (χ3n) is 3.25. The fourth-order valence-electron chi connectivity index (χ4n) is 2.12. The number of carbonyl (C=O) groups excluding carboxylic acids is 1. The maximum absolute atomic E-state index is 12.2. The highest BCUT2D eigenvalue weighted by atomic mass is 32.2. The van der Waals surface area contributed by atoms with Gasteiger partial charge in [0, 0.05) is 11.6 Å². The van der Waals surface area contributed by atoms with E-state index in [4.69, 9.17) is 13.9 Å². The Labute approximate surface area is 146 Å². The van der Waals surface area contributed by atoms with Crippen LogP contribution < -0.4 is 4.74 Å². The molecule has 1 aromatic heterocycles. The number of esters is 1. The molecule has 2 aromatic rings. The minimum absolute atomic E-state index is 0.0453. The minimum atomic E-state index is -2.47. The van der Waals surface area contributed by atoms with E-state index in [9.17, 15) is 13.6 Å². The van der Waals surface area contributed by atoms with E-state index in [2.05, 4.69) is 4.99 Å². The lowest BCUT2D eigenvalue weighted by molar-refractivity contribution is -0.129. The zero-order chi connectivity index (χ0) is 17.8. The maximum atomic E-state index is 12.2. The van der Waals surface area contributed by atoms with Gasteiger partial charge in [-0.25, -0.2) is 9.79 Å². The van der Waals surface area contributed by atoms with Gasteiger partial charge in [0.05, 0.1) is 12.9 Å². The fourth-order valence-corrected chi connectivity index (χ4v) is 2.56. The number of aliphatic imine (C=N–C) groups is 1. The summed E-state index contributed by atoms with van der Waals surface area (Å²) in [6, 6.07) is 10.1. The number of hydrogen-bond donors (Lipinski definition) is 0. The number of carbonyl (C=O) groups is 1. The zero-order valence-corrected chi connectivity index (χ0v) is 13.9. The van der Waals surface area contributed by atoms with Crippen LogP contribution in [0.5, 0.6) is 5.75 Å². The van der Waals surface area contributed by atoms with Crippen LogP contribution in [0.4, 0.5) is 8.78 Å². The Hall–Kier alpha value is -2.61. The summed E-state index contributed by atoms with van der Waals surface area (Å²) in [6.45, 7) is 0. The number of furan rings is 1. The molecule has 0 bridgehead atoms. The summed E-state index contributed by atoms with van der Waals surface area (Å²) in [5.74, 6) is -1.53. The van der Waals surface area contributed by atoms with Crippen LogP contribution in [0.2, 0.25) is 0 Å². The number of cyclic esters (lactones) is 1. The smallest absolute Gasteiger partial charge is 0.363 e. The van der Waals surface area contributed by atoms with Crippen molar-refractivity contribution in [1.82, 2.24) is 0 Å². The Kier molecular flexibility index (Phi) is 5.18. The summed E-state index contributed by atoms with van der Waals surface area (Å²) in [4.78, 5) is 16.1. The summed E-state index contributed by atoms with van der Waals surface area (Å²) < 4.78 is 40.1. The number of nitrogens with zero attached hydrogens (tertiary/aromatic N) is 1. The van der Waals surface area contributed by atoms with Crippen LogP contribution in [0.15, 0.2) is 51.5 Å². The Bertz CT molecular complexity index is 845. The lowest BCUT2D eigenvalue weighted by atomic mass is 10.2. The van der Waals surface area contributed by atoms with Crippen LogP contribution in [0.3, 0.4) is 0 Å². The average Bonchev–Trinajstić information content (AvgIpc) is 3.20. The molecule has 0 spiro atoms. The van der Waals surface area contributed by atoms with E-state index in [1.165, 1.54) is 13.2 Å². The van der Waals surface area contributed by atoms with Gasteiger partial charge in [0.1, 0.15) is 17.3 Å². The Balaban J connectivity index is 1.79. The predicted molar refractivity (Wildman–Crippen MR) is 89.6 cm³/mol. The normalized spacial score (nSPS) is 15.6. The van der Waals surface area contributed by atoms with E-state index < -0.39 is 11.7 Å². The van der Waals surface area contributed by atoms with Crippen molar-refractivity contribution in [3.05, 3.63) is 59.2 Å². The summed E-state index contributed by atoms with van der Waals surface area (Å²) in [5.41, 5.74) is 0.671. The molecule has 0 unspecified atom stereocenters. The molecule has 25 heavy (non-hydrogen) atoms. The Morgan fingerprint density at radius 1 is 1.32 bits per heavy atom. The highest BCUT2D eigenvalue weighted by Crippen LogP contribution is 2.24. The zero-order valence-electron chi connectivity index (χ0n) is 13.1. The van der Waals surface area contributed by atoms with Gasteiger partial charge in [-0.3, -0.25) is 0 Å². The number of methoxy groups -OCH3 is 1. The Morgan fingerprint density at radius 2 is 2.16 bits per heavy atom. The lowest BCUT2D eigenvalue weighted by Gasteiger charge is -2.02. The summed E-state index contributed by atoms with van der Waals surface area (Å²) in [7, 11) is 1.54. The van der Waals surface area contributed by atoms with Gasteiger partial charge >= 0.3 is 5.97 Å². The monoisotopic (exact) mass is 365 g/mol. The first-order chi connectivity index (χ1) is 12.0. The van der Waals surface area contributed by atoms with E-state index in [1.807, 2.05) is 0 Å². The highest BCUT2D eigenvalue weighted by molar-refractivity contribution is 7.98. The van der Waals surface area contributed by atoms with Crippen LogP contribution in [-0.2, 0) is 15.3 Å². The van der Waals surface area contributed by atoms with Gasteiger partial charge in [0.15, 0.2) is 5.70 Å². The van der Waals surface area contributed by atoms with Crippen molar-refractivity contribution >= 4 is 29.7 Å². The molecule has 0 saturated carbocycles. The number of alkyl halides is 2. The second-order valence-electron chi connectivity index (χ2n) is 4.94. The van der Waals surface area contributed by atoms with Crippen molar-refractivity contribution in [1.29, 1.82) is 0 Å². The predicted octanol–water partition coefficient (Wildman–Crippen LogP) is 4.09. The van der Waals surface area contributed by atoms with Crippen molar-refractivity contribution in [3.63, 3.8) is 0 Å². The van der Waals surface area contributed by atoms with E-state index in [1.54, 1.807) is 36.4 Å². The first-order valence-electron chi connectivity index (χ1n) is 7.20. The van der Waals surface area contributed by atoms with Gasteiger partial charge in [-0.05, 0) is 30.3 Å². The molecule has 130 valence electrons. The van der Waals surface area contributed by atoms with Crippen LogP contribution in [0, 0.1) is 0 Å². The molecule has 0 N–H and O–H groups in total. The molecule has 0 fully saturated rings. The number of ether oxygens (including phenoxy) is 2. The number of thioether (sulfide) groups is 1.